The average molecular weight is 317 g/mol. The van der Waals surface area contributed by atoms with Crippen molar-refractivity contribution in [2.24, 2.45) is 10.8 Å². The van der Waals surface area contributed by atoms with Crippen LogP contribution in [0.3, 0.4) is 0 Å². The zero-order chi connectivity index (χ0) is 16.6. The number of allylic oxidation sites excluding steroid dienone is 7. The molecule has 0 amide bonds. The minimum Gasteiger partial charge on any atom is -0.153 e. The zero-order valence-corrected chi connectivity index (χ0v) is 16.2. The van der Waals surface area contributed by atoms with Gasteiger partial charge in [-0.25, -0.2) is 0 Å². The van der Waals surface area contributed by atoms with Gasteiger partial charge >= 0.3 is 0 Å². The van der Waals surface area contributed by atoms with Crippen LogP contribution in [-0.4, -0.2) is 11.0 Å². The summed E-state index contributed by atoms with van der Waals surface area (Å²) in [6.45, 7) is 14.1. The Bertz CT molecular complexity index is 543. The summed E-state index contributed by atoms with van der Waals surface area (Å²) >= 11 is 2.04. The highest BCUT2D eigenvalue weighted by Gasteiger charge is 2.41. The highest BCUT2D eigenvalue weighted by Crippen LogP contribution is 2.52. The molecular formula is C21H32S. The fraction of sp³-hybridized carbons (Fsp3) is 0.619. The summed E-state index contributed by atoms with van der Waals surface area (Å²) < 4.78 is 0.216. The molecule has 1 heteroatoms. The van der Waals surface area contributed by atoms with Crippen LogP contribution in [0.2, 0.25) is 0 Å². The van der Waals surface area contributed by atoms with Crippen molar-refractivity contribution in [2.75, 3.05) is 6.26 Å². The Morgan fingerprint density at radius 3 is 2.18 bits per heavy atom. The van der Waals surface area contributed by atoms with E-state index in [1.54, 1.807) is 5.57 Å². The highest BCUT2D eigenvalue weighted by atomic mass is 32.2. The predicted octanol–water partition coefficient (Wildman–Crippen LogP) is 6.71. The number of rotatable bonds is 3. The molecule has 0 aromatic rings. The minimum atomic E-state index is 0.205. The van der Waals surface area contributed by atoms with Crippen molar-refractivity contribution in [2.45, 2.75) is 65.6 Å². The molecule has 0 fully saturated rings. The second-order valence-electron chi connectivity index (χ2n) is 8.71. The van der Waals surface area contributed by atoms with E-state index in [-0.39, 0.29) is 15.6 Å². The van der Waals surface area contributed by atoms with Gasteiger partial charge in [-0.3, -0.25) is 0 Å². The van der Waals surface area contributed by atoms with E-state index < -0.39 is 0 Å². The first-order valence-corrected chi connectivity index (χ1v) is 9.65. The van der Waals surface area contributed by atoms with E-state index in [2.05, 4.69) is 78.2 Å². The molecule has 0 aromatic heterocycles. The topological polar surface area (TPSA) is 0 Å². The molecule has 0 nitrogen and oxygen atoms in total. The van der Waals surface area contributed by atoms with Crippen LogP contribution < -0.4 is 0 Å². The zero-order valence-electron chi connectivity index (χ0n) is 15.4. The quantitative estimate of drug-likeness (QED) is 0.557. The van der Waals surface area contributed by atoms with E-state index in [4.69, 9.17) is 0 Å². The van der Waals surface area contributed by atoms with Crippen molar-refractivity contribution < 1.29 is 0 Å². The average Bonchev–Trinajstić information content (AvgIpc) is 2.89. The lowest BCUT2D eigenvalue weighted by Crippen LogP contribution is -2.36. The van der Waals surface area contributed by atoms with Gasteiger partial charge in [0.2, 0.25) is 0 Å². The Morgan fingerprint density at radius 2 is 1.73 bits per heavy atom. The van der Waals surface area contributed by atoms with E-state index in [1.807, 2.05) is 11.8 Å². The van der Waals surface area contributed by atoms with Gasteiger partial charge in [0.25, 0.3) is 0 Å². The molecule has 0 aromatic carbocycles. The molecule has 1 atom stereocenters. The fourth-order valence-corrected chi connectivity index (χ4v) is 4.70. The Labute approximate surface area is 141 Å². The van der Waals surface area contributed by atoms with Gasteiger partial charge in [0.15, 0.2) is 0 Å². The Balaban J connectivity index is 2.44. The van der Waals surface area contributed by atoms with Gasteiger partial charge in [-0.2, -0.15) is 11.8 Å². The fourth-order valence-electron chi connectivity index (χ4n) is 3.55. The molecule has 0 spiro atoms. The summed E-state index contributed by atoms with van der Waals surface area (Å²) in [5.41, 5.74) is 5.06. The normalized spacial score (nSPS) is 25.9. The van der Waals surface area contributed by atoms with E-state index >= 15 is 0 Å². The van der Waals surface area contributed by atoms with Gasteiger partial charge in [0.05, 0.1) is 0 Å². The lowest BCUT2D eigenvalue weighted by atomic mass is 9.68. The third-order valence-corrected chi connectivity index (χ3v) is 6.16. The van der Waals surface area contributed by atoms with Crippen molar-refractivity contribution in [1.29, 1.82) is 0 Å². The molecule has 1 unspecified atom stereocenters. The van der Waals surface area contributed by atoms with Crippen molar-refractivity contribution >= 4 is 11.8 Å². The van der Waals surface area contributed by atoms with Crippen LogP contribution >= 0.6 is 11.8 Å². The maximum absolute atomic E-state index is 2.51. The number of thioether (sulfide) groups is 1. The van der Waals surface area contributed by atoms with Crippen LogP contribution in [0.15, 0.2) is 47.1 Å². The standard InChI is InChI=1S/C21H32S/c1-19(2,3)17-12-13-21(22-7,15-16-10-8-9-11-16)18(14-17)20(4,5)6/h8,10-12,14H,9,13,15H2,1-7H3. The van der Waals surface area contributed by atoms with Gasteiger partial charge in [-0.15, -0.1) is 0 Å². The highest BCUT2D eigenvalue weighted by molar-refractivity contribution is 8.00. The van der Waals surface area contributed by atoms with Crippen molar-refractivity contribution in [3.63, 3.8) is 0 Å². The van der Waals surface area contributed by atoms with Crippen molar-refractivity contribution in [3.8, 4) is 0 Å². The summed E-state index contributed by atoms with van der Waals surface area (Å²) in [6.07, 6.45) is 17.7. The van der Waals surface area contributed by atoms with E-state index in [0.29, 0.717) is 0 Å². The lowest BCUT2D eigenvalue weighted by molar-refractivity contribution is 0.425. The molecular weight excluding hydrogens is 284 g/mol. The second kappa shape index (κ2) is 6.07. The molecule has 22 heavy (non-hydrogen) atoms. The first-order chi connectivity index (χ1) is 10.1. The second-order valence-corrected chi connectivity index (χ2v) is 9.90. The molecule has 2 aliphatic rings. The Morgan fingerprint density at radius 1 is 1.05 bits per heavy atom. The minimum absolute atomic E-state index is 0.205. The van der Waals surface area contributed by atoms with Gasteiger partial charge in [0, 0.05) is 4.75 Å². The predicted molar refractivity (Wildman–Crippen MR) is 102 cm³/mol. The van der Waals surface area contributed by atoms with E-state index in [9.17, 15) is 0 Å². The Kier molecular flexibility index (Phi) is 4.88. The van der Waals surface area contributed by atoms with Crippen LogP contribution in [0.1, 0.15) is 60.8 Å². The van der Waals surface area contributed by atoms with Crippen LogP contribution in [0.25, 0.3) is 0 Å². The van der Waals surface area contributed by atoms with Gasteiger partial charge in [0.1, 0.15) is 0 Å². The van der Waals surface area contributed by atoms with Crippen LogP contribution in [-0.2, 0) is 0 Å². The molecule has 0 saturated heterocycles. The third kappa shape index (κ3) is 3.62. The summed E-state index contributed by atoms with van der Waals surface area (Å²) in [5.74, 6) is 0. The largest absolute Gasteiger partial charge is 0.153 e. The van der Waals surface area contributed by atoms with E-state index in [1.165, 1.54) is 11.1 Å². The first kappa shape index (κ1) is 17.7. The number of hydrogen-bond acceptors (Lipinski definition) is 1. The summed E-state index contributed by atoms with van der Waals surface area (Å²) in [6, 6.07) is 0. The number of hydrogen-bond donors (Lipinski definition) is 0. The SMILES string of the molecule is CSC1(CC2=CCC=C2)CC=C(C(C)(C)C)C=C1C(C)(C)C. The third-order valence-electron chi connectivity index (χ3n) is 4.84. The Hall–Kier alpha value is -0.690. The maximum Gasteiger partial charge on any atom is 0.0448 e. The van der Waals surface area contributed by atoms with Crippen LogP contribution in [0, 0.1) is 10.8 Å². The molecule has 0 aliphatic heterocycles. The summed E-state index contributed by atoms with van der Waals surface area (Å²) in [4.78, 5) is 0. The molecule has 2 aliphatic carbocycles. The van der Waals surface area contributed by atoms with Crippen molar-refractivity contribution in [3.05, 3.63) is 47.1 Å². The van der Waals surface area contributed by atoms with Gasteiger partial charge < -0.3 is 0 Å². The van der Waals surface area contributed by atoms with Crippen LogP contribution in [0.4, 0.5) is 0 Å². The van der Waals surface area contributed by atoms with Crippen LogP contribution in [0.5, 0.6) is 0 Å². The van der Waals surface area contributed by atoms with Crippen molar-refractivity contribution in [1.82, 2.24) is 0 Å². The lowest BCUT2D eigenvalue weighted by Gasteiger charge is -2.44. The molecule has 0 heterocycles. The molecule has 0 radical (unpaired) electrons. The molecule has 2 rings (SSSR count). The molecule has 0 bridgehead atoms. The molecule has 0 N–H and O–H groups in total. The smallest absolute Gasteiger partial charge is 0.0448 e. The maximum atomic E-state index is 2.51. The summed E-state index contributed by atoms with van der Waals surface area (Å²) in [5, 5.41) is 0. The first-order valence-electron chi connectivity index (χ1n) is 8.42. The van der Waals surface area contributed by atoms with Gasteiger partial charge in [-0.05, 0) is 47.5 Å². The van der Waals surface area contributed by atoms with E-state index in [0.717, 1.165) is 19.3 Å². The monoisotopic (exact) mass is 316 g/mol. The molecule has 0 saturated carbocycles. The molecule has 122 valence electrons. The summed E-state index contributed by atoms with van der Waals surface area (Å²) in [7, 11) is 0. The van der Waals surface area contributed by atoms with Gasteiger partial charge in [-0.1, -0.05) is 77.5 Å².